The van der Waals surface area contributed by atoms with Gasteiger partial charge in [-0.15, -0.1) is 0 Å². The van der Waals surface area contributed by atoms with E-state index < -0.39 is 15.8 Å². The number of piperazine rings is 1. The van der Waals surface area contributed by atoms with Gasteiger partial charge in [-0.3, -0.25) is 9.69 Å². The monoisotopic (exact) mass is 486 g/mol. The molecular formula is C22H23FN6O4S. The van der Waals surface area contributed by atoms with E-state index in [1.807, 2.05) is 11.0 Å². The van der Waals surface area contributed by atoms with Gasteiger partial charge in [-0.05, 0) is 42.5 Å². The highest BCUT2D eigenvalue weighted by molar-refractivity contribution is 7.89. The molecule has 5 rings (SSSR count). The van der Waals surface area contributed by atoms with E-state index in [4.69, 9.17) is 4.74 Å². The second kappa shape index (κ2) is 8.78. The van der Waals surface area contributed by atoms with Crippen LogP contribution in [0.15, 0.2) is 53.7 Å². The summed E-state index contributed by atoms with van der Waals surface area (Å²) in [6, 6.07) is 9.81. The van der Waals surface area contributed by atoms with Gasteiger partial charge >= 0.3 is 0 Å². The third-order valence-electron chi connectivity index (χ3n) is 6.02. The Hall–Kier alpha value is -3.35. The smallest absolute Gasteiger partial charge is 0.243 e. The van der Waals surface area contributed by atoms with Crippen LogP contribution in [-0.4, -0.2) is 77.1 Å². The molecule has 178 valence electrons. The first-order valence-corrected chi connectivity index (χ1v) is 12.2. The van der Waals surface area contributed by atoms with Gasteiger partial charge in [0.15, 0.2) is 5.82 Å². The molecular weight excluding hydrogens is 463 g/mol. The summed E-state index contributed by atoms with van der Waals surface area (Å²) >= 11 is 0. The molecule has 0 unspecified atom stereocenters. The summed E-state index contributed by atoms with van der Waals surface area (Å²) in [7, 11) is -2.02. The summed E-state index contributed by atoms with van der Waals surface area (Å²) in [6.45, 7) is 1.03. The molecule has 1 aromatic heterocycles. The summed E-state index contributed by atoms with van der Waals surface area (Å²) < 4.78 is 48.5. The Bertz CT molecular complexity index is 1330. The summed E-state index contributed by atoms with van der Waals surface area (Å²) in [4.78, 5) is 19.0. The number of benzene rings is 2. The first-order chi connectivity index (χ1) is 16.3. The number of fused-ring (bicyclic) bond motifs is 2. The lowest BCUT2D eigenvalue weighted by atomic mass is 10.1. The Morgan fingerprint density at radius 3 is 2.68 bits per heavy atom. The van der Waals surface area contributed by atoms with E-state index >= 15 is 0 Å². The van der Waals surface area contributed by atoms with Crippen LogP contribution in [0, 0.1) is 5.82 Å². The minimum atomic E-state index is -3.80. The van der Waals surface area contributed by atoms with E-state index in [0.29, 0.717) is 23.8 Å². The Morgan fingerprint density at radius 1 is 1.15 bits per heavy atom. The number of rotatable bonds is 3. The van der Waals surface area contributed by atoms with Crippen LogP contribution in [0.4, 0.5) is 10.1 Å². The normalized spacial score (nSPS) is 19.7. The maximum Gasteiger partial charge on any atom is 0.243 e. The van der Waals surface area contributed by atoms with Crippen LogP contribution in [0.1, 0.15) is 0 Å². The highest BCUT2D eigenvalue weighted by Crippen LogP contribution is 2.31. The van der Waals surface area contributed by atoms with Gasteiger partial charge in [0, 0.05) is 32.2 Å². The topological polar surface area (TPSA) is 110 Å². The third kappa shape index (κ3) is 4.27. The fourth-order valence-corrected chi connectivity index (χ4v) is 5.68. The molecule has 1 atom stereocenters. The van der Waals surface area contributed by atoms with Gasteiger partial charge < -0.3 is 10.1 Å². The van der Waals surface area contributed by atoms with Crippen LogP contribution < -0.4 is 10.1 Å². The molecule has 1 fully saturated rings. The summed E-state index contributed by atoms with van der Waals surface area (Å²) in [6.07, 6.45) is 1.45. The number of halogens is 1. The molecule has 0 radical (unpaired) electrons. The summed E-state index contributed by atoms with van der Waals surface area (Å²) in [5.41, 5.74) is 1.29. The predicted octanol–water partition coefficient (Wildman–Crippen LogP) is 1.33. The molecule has 3 aromatic rings. The highest BCUT2D eigenvalue weighted by Gasteiger charge is 2.36. The number of hydrogen-bond donors (Lipinski definition) is 1. The average molecular weight is 487 g/mol. The number of sulfonamides is 1. The van der Waals surface area contributed by atoms with Crippen molar-refractivity contribution in [3.63, 3.8) is 0 Å². The Kier molecular flexibility index (Phi) is 5.80. The van der Waals surface area contributed by atoms with E-state index in [2.05, 4.69) is 15.4 Å². The van der Waals surface area contributed by atoms with Crippen LogP contribution in [-0.2, 0) is 21.9 Å². The minimum absolute atomic E-state index is 0.0331. The van der Waals surface area contributed by atoms with Gasteiger partial charge in [0.1, 0.15) is 24.5 Å². The molecule has 0 spiro atoms. The van der Waals surface area contributed by atoms with E-state index in [0.717, 1.165) is 17.7 Å². The Morgan fingerprint density at radius 2 is 1.94 bits per heavy atom. The number of ether oxygens (including phenoxy) is 1. The number of nitrogens with zero attached hydrogens (tertiary/aromatic N) is 5. The maximum absolute atomic E-state index is 13.3. The molecule has 0 aliphatic carbocycles. The van der Waals surface area contributed by atoms with Gasteiger partial charge in [0.05, 0.1) is 23.2 Å². The molecule has 0 saturated carbocycles. The lowest BCUT2D eigenvalue weighted by Crippen LogP contribution is -2.57. The molecule has 1 saturated heterocycles. The molecule has 10 nitrogen and oxygen atoms in total. The van der Waals surface area contributed by atoms with Gasteiger partial charge in [-0.25, -0.2) is 22.5 Å². The molecule has 34 heavy (non-hydrogen) atoms. The zero-order valence-electron chi connectivity index (χ0n) is 18.4. The van der Waals surface area contributed by atoms with Crippen LogP contribution in [0.3, 0.4) is 0 Å². The molecule has 1 amide bonds. The van der Waals surface area contributed by atoms with Crippen LogP contribution in [0.2, 0.25) is 0 Å². The van der Waals surface area contributed by atoms with Gasteiger partial charge in [0.25, 0.3) is 0 Å². The number of amides is 1. The van der Waals surface area contributed by atoms with Crippen molar-refractivity contribution in [3.05, 3.63) is 54.6 Å². The Balaban J connectivity index is 1.38. The molecule has 2 aliphatic rings. The zero-order chi connectivity index (χ0) is 23.9. The number of nitrogens with one attached hydrogen (secondary N) is 1. The van der Waals surface area contributed by atoms with Crippen molar-refractivity contribution in [3.8, 4) is 17.1 Å². The van der Waals surface area contributed by atoms with E-state index in [1.165, 1.54) is 22.8 Å². The van der Waals surface area contributed by atoms with Crippen LogP contribution in [0.25, 0.3) is 11.4 Å². The predicted molar refractivity (Wildman–Crippen MR) is 121 cm³/mol. The van der Waals surface area contributed by atoms with Crippen LogP contribution in [0.5, 0.6) is 5.75 Å². The van der Waals surface area contributed by atoms with Crippen molar-refractivity contribution in [2.24, 2.45) is 7.05 Å². The van der Waals surface area contributed by atoms with Crippen molar-refractivity contribution in [1.29, 1.82) is 0 Å². The first-order valence-electron chi connectivity index (χ1n) is 10.7. The minimum Gasteiger partial charge on any atom is -0.490 e. The highest BCUT2D eigenvalue weighted by atomic mass is 32.2. The second-order valence-electron chi connectivity index (χ2n) is 8.22. The maximum atomic E-state index is 13.3. The molecule has 1 N–H and O–H groups in total. The molecule has 2 aliphatic heterocycles. The van der Waals surface area contributed by atoms with Crippen molar-refractivity contribution in [2.45, 2.75) is 10.9 Å². The first kappa shape index (κ1) is 22.4. The fraction of sp³-hybridized carbons (Fsp3) is 0.318. The largest absolute Gasteiger partial charge is 0.490 e. The van der Waals surface area contributed by atoms with Crippen molar-refractivity contribution in [1.82, 2.24) is 24.0 Å². The van der Waals surface area contributed by atoms with Crippen LogP contribution >= 0.6 is 0 Å². The number of carbonyl (C=O) groups excluding carboxylic acids is 1. The number of aromatic nitrogens is 3. The molecule has 2 aromatic carbocycles. The number of hydrogen-bond acceptors (Lipinski definition) is 7. The SMILES string of the molecule is Cn1ncnc1-c1ccc2c(c1)NC(=O)CN1CCN(S(=O)(=O)c3ccc(F)cc3)C[C@@H]1CO2. The van der Waals surface area contributed by atoms with E-state index in [1.54, 1.807) is 23.9 Å². The third-order valence-corrected chi connectivity index (χ3v) is 7.90. The molecule has 0 bridgehead atoms. The molecule has 3 heterocycles. The van der Waals surface area contributed by atoms with Crippen molar-refractivity contribution < 1.29 is 22.3 Å². The van der Waals surface area contributed by atoms with Gasteiger partial charge in [-0.1, -0.05) is 0 Å². The zero-order valence-corrected chi connectivity index (χ0v) is 19.2. The van der Waals surface area contributed by atoms with Crippen molar-refractivity contribution >= 4 is 21.6 Å². The summed E-state index contributed by atoms with van der Waals surface area (Å²) in [5.74, 6) is 0.415. The van der Waals surface area contributed by atoms with Crippen molar-refractivity contribution in [2.75, 3.05) is 38.1 Å². The number of carbonyl (C=O) groups is 1. The second-order valence-corrected chi connectivity index (χ2v) is 10.2. The van der Waals surface area contributed by atoms with Gasteiger partial charge in [-0.2, -0.15) is 9.40 Å². The van der Waals surface area contributed by atoms with E-state index in [9.17, 15) is 17.6 Å². The lowest BCUT2D eigenvalue weighted by molar-refractivity contribution is -0.118. The quantitative estimate of drug-likeness (QED) is 0.595. The number of aryl methyl sites for hydroxylation is 1. The number of anilines is 1. The average Bonchev–Trinajstić information content (AvgIpc) is 3.26. The van der Waals surface area contributed by atoms with Gasteiger partial charge in [0.2, 0.25) is 15.9 Å². The summed E-state index contributed by atoms with van der Waals surface area (Å²) in [5, 5.41) is 6.98. The van der Waals surface area contributed by atoms with E-state index in [-0.39, 0.29) is 43.1 Å². The fourth-order valence-electron chi connectivity index (χ4n) is 4.21. The Labute approximate surface area is 196 Å². The standard InChI is InChI=1S/C22H23FN6O4S/c1-27-22(24-14-25-27)15-2-7-20-19(10-15)26-21(30)12-28-8-9-29(11-17(28)13-33-20)34(31,32)18-5-3-16(23)4-6-18/h2-7,10,14,17H,8-9,11-13H2,1H3,(H,26,30)/t17-/m1/s1. The lowest BCUT2D eigenvalue weighted by Gasteiger charge is -2.39. The molecule has 12 heteroatoms.